The van der Waals surface area contributed by atoms with Crippen LogP contribution in [0, 0.1) is 6.92 Å². The molecule has 0 spiro atoms. The lowest BCUT2D eigenvalue weighted by atomic mass is 10.2. The van der Waals surface area contributed by atoms with Gasteiger partial charge in [0.25, 0.3) is 0 Å². The number of unbranched alkanes of at least 4 members (excludes halogenated alkanes) is 3. The maximum atomic E-state index is 11.9. The van der Waals surface area contributed by atoms with Gasteiger partial charge >= 0.3 is 5.97 Å². The van der Waals surface area contributed by atoms with E-state index in [1.165, 1.54) is 0 Å². The second-order valence-electron chi connectivity index (χ2n) is 4.44. The zero-order valence-corrected chi connectivity index (χ0v) is 11.7. The fourth-order valence-electron chi connectivity index (χ4n) is 1.84. The number of nitrogen functional groups attached to an aromatic ring is 1. The lowest BCUT2D eigenvalue weighted by Crippen LogP contribution is -2.15. The highest BCUT2D eigenvalue weighted by atomic mass is 16.5. The summed E-state index contributed by atoms with van der Waals surface area (Å²) in [6.07, 6.45) is 3.48. The average molecular weight is 269 g/mol. The molecule has 6 heteroatoms. The molecular weight excluding hydrogens is 246 g/mol. The van der Waals surface area contributed by atoms with Gasteiger partial charge in [0.2, 0.25) is 0 Å². The minimum Gasteiger partial charge on any atom is -0.461 e. The van der Waals surface area contributed by atoms with E-state index in [-0.39, 0.29) is 6.61 Å². The van der Waals surface area contributed by atoms with Gasteiger partial charge < -0.3 is 15.6 Å². The molecule has 1 aromatic rings. The number of esters is 1. The molecule has 0 fully saturated rings. The van der Waals surface area contributed by atoms with Gasteiger partial charge in [-0.3, -0.25) is 4.68 Å². The first-order valence-electron chi connectivity index (χ1n) is 6.72. The smallest absolute Gasteiger partial charge is 0.358 e. The van der Waals surface area contributed by atoms with Gasteiger partial charge in [-0.15, -0.1) is 0 Å². The molecule has 0 unspecified atom stereocenters. The first kappa shape index (κ1) is 15.5. The number of nitrogens with two attached hydrogens (primary N) is 1. The number of aliphatic hydroxyl groups excluding tert-OH is 1. The molecule has 0 radical (unpaired) electrons. The van der Waals surface area contributed by atoms with Gasteiger partial charge in [-0.25, -0.2) is 4.79 Å². The third-order valence-electron chi connectivity index (χ3n) is 2.95. The van der Waals surface area contributed by atoms with Crippen LogP contribution in [0.4, 0.5) is 5.69 Å². The highest BCUT2D eigenvalue weighted by Crippen LogP contribution is 2.17. The molecule has 1 aromatic heterocycles. The van der Waals surface area contributed by atoms with E-state index >= 15 is 0 Å². The molecule has 0 aromatic carbocycles. The van der Waals surface area contributed by atoms with E-state index in [9.17, 15) is 4.79 Å². The van der Waals surface area contributed by atoms with Gasteiger partial charge in [0.05, 0.1) is 18.0 Å². The van der Waals surface area contributed by atoms with Gasteiger partial charge in [-0.2, -0.15) is 5.10 Å². The number of hydrogen-bond donors (Lipinski definition) is 2. The van der Waals surface area contributed by atoms with Crippen LogP contribution >= 0.6 is 0 Å². The topological polar surface area (TPSA) is 90.4 Å². The van der Waals surface area contributed by atoms with Gasteiger partial charge in [0.15, 0.2) is 5.69 Å². The fourth-order valence-corrected chi connectivity index (χ4v) is 1.84. The molecule has 0 saturated carbocycles. The van der Waals surface area contributed by atoms with Gasteiger partial charge in [-0.1, -0.05) is 6.42 Å². The Labute approximate surface area is 113 Å². The van der Waals surface area contributed by atoms with E-state index in [0.717, 1.165) is 25.7 Å². The quantitative estimate of drug-likeness (QED) is 0.551. The Morgan fingerprint density at radius 2 is 2.05 bits per heavy atom. The predicted molar refractivity (Wildman–Crippen MR) is 72.9 cm³/mol. The Morgan fingerprint density at radius 1 is 1.37 bits per heavy atom. The fraction of sp³-hybridized carbons (Fsp3) is 0.692. The third kappa shape index (κ3) is 4.24. The Hall–Kier alpha value is -1.56. The first-order valence-corrected chi connectivity index (χ1v) is 6.72. The van der Waals surface area contributed by atoms with Crippen molar-refractivity contribution in [3.63, 3.8) is 0 Å². The van der Waals surface area contributed by atoms with Crippen LogP contribution in [-0.4, -0.2) is 34.1 Å². The Morgan fingerprint density at radius 3 is 2.68 bits per heavy atom. The number of carbonyl (C=O) groups is 1. The molecule has 0 saturated heterocycles. The van der Waals surface area contributed by atoms with Crippen molar-refractivity contribution in [2.45, 2.75) is 46.1 Å². The number of anilines is 1. The predicted octanol–water partition coefficient (Wildman–Crippen LogP) is 1.50. The normalized spacial score (nSPS) is 10.7. The highest BCUT2D eigenvalue weighted by molar-refractivity contribution is 5.93. The standard InChI is InChI=1S/C13H23N3O3/c1-3-16-12(11(14)10(2)15-16)13(18)19-9-7-5-4-6-8-17/h17H,3-9,14H2,1-2H3. The van der Waals surface area contributed by atoms with Crippen LogP contribution in [0.2, 0.25) is 0 Å². The maximum absolute atomic E-state index is 11.9. The molecule has 19 heavy (non-hydrogen) atoms. The van der Waals surface area contributed by atoms with Crippen molar-refractivity contribution in [3.05, 3.63) is 11.4 Å². The number of carbonyl (C=O) groups excluding carboxylic acids is 1. The molecule has 0 amide bonds. The Kier molecular flexibility index (Phi) is 6.35. The Balaban J connectivity index is 2.45. The van der Waals surface area contributed by atoms with E-state index < -0.39 is 5.97 Å². The van der Waals surface area contributed by atoms with E-state index in [0.29, 0.717) is 30.2 Å². The number of nitrogens with zero attached hydrogens (tertiary/aromatic N) is 2. The molecule has 1 rings (SSSR count). The van der Waals surface area contributed by atoms with E-state index in [1.54, 1.807) is 11.6 Å². The van der Waals surface area contributed by atoms with Gasteiger partial charge in [0, 0.05) is 13.2 Å². The summed E-state index contributed by atoms with van der Waals surface area (Å²) in [6, 6.07) is 0. The van der Waals surface area contributed by atoms with Crippen molar-refractivity contribution in [2.24, 2.45) is 0 Å². The summed E-state index contributed by atoms with van der Waals surface area (Å²) in [4.78, 5) is 11.9. The van der Waals surface area contributed by atoms with Crippen molar-refractivity contribution >= 4 is 11.7 Å². The van der Waals surface area contributed by atoms with Crippen LogP contribution in [0.15, 0.2) is 0 Å². The largest absolute Gasteiger partial charge is 0.461 e. The number of aryl methyl sites for hydroxylation is 2. The number of ether oxygens (including phenoxy) is 1. The summed E-state index contributed by atoms with van der Waals surface area (Å²) in [6.45, 7) is 4.84. The second-order valence-corrected chi connectivity index (χ2v) is 4.44. The SMILES string of the molecule is CCn1nc(C)c(N)c1C(=O)OCCCCCCO. The molecule has 0 bridgehead atoms. The van der Waals surface area contributed by atoms with Crippen LogP contribution in [-0.2, 0) is 11.3 Å². The molecule has 0 aliphatic carbocycles. The molecule has 0 atom stereocenters. The number of hydrogen-bond acceptors (Lipinski definition) is 5. The van der Waals surface area contributed by atoms with Crippen LogP contribution in [0.3, 0.4) is 0 Å². The maximum Gasteiger partial charge on any atom is 0.358 e. The van der Waals surface area contributed by atoms with Crippen molar-refractivity contribution in [2.75, 3.05) is 18.9 Å². The average Bonchev–Trinajstić information content (AvgIpc) is 2.69. The highest BCUT2D eigenvalue weighted by Gasteiger charge is 2.20. The van der Waals surface area contributed by atoms with Gasteiger partial charge in [-0.05, 0) is 33.1 Å². The molecule has 6 nitrogen and oxygen atoms in total. The molecule has 1 heterocycles. The van der Waals surface area contributed by atoms with E-state index in [2.05, 4.69) is 5.10 Å². The lowest BCUT2D eigenvalue weighted by molar-refractivity contribution is 0.0484. The zero-order valence-electron chi connectivity index (χ0n) is 11.7. The van der Waals surface area contributed by atoms with E-state index in [4.69, 9.17) is 15.6 Å². The monoisotopic (exact) mass is 269 g/mol. The van der Waals surface area contributed by atoms with Crippen LogP contribution in [0.5, 0.6) is 0 Å². The first-order chi connectivity index (χ1) is 9.11. The molecule has 3 N–H and O–H groups in total. The Bertz CT molecular complexity index is 416. The second kappa shape index (κ2) is 7.78. The van der Waals surface area contributed by atoms with Crippen LogP contribution < -0.4 is 5.73 Å². The van der Waals surface area contributed by atoms with Crippen molar-refractivity contribution in [1.29, 1.82) is 0 Å². The molecule has 108 valence electrons. The number of aromatic nitrogens is 2. The molecule has 0 aliphatic heterocycles. The third-order valence-corrected chi connectivity index (χ3v) is 2.95. The van der Waals surface area contributed by atoms with Crippen LogP contribution in [0.1, 0.15) is 48.8 Å². The summed E-state index contributed by atoms with van der Waals surface area (Å²) in [5.41, 5.74) is 7.23. The minimum absolute atomic E-state index is 0.214. The minimum atomic E-state index is -0.415. The van der Waals surface area contributed by atoms with Crippen molar-refractivity contribution in [1.82, 2.24) is 9.78 Å². The number of rotatable bonds is 8. The summed E-state index contributed by atoms with van der Waals surface area (Å²) in [7, 11) is 0. The molecular formula is C13H23N3O3. The van der Waals surface area contributed by atoms with Crippen molar-refractivity contribution < 1.29 is 14.6 Å². The summed E-state index contributed by atoms with van der Waals surface area (Å²) < 4.78 is 6.77. The van der Waals surface area contributed by atoms with Crippen molar-refractivity contribution in [3.8, 4) is 0 Å². The van der Waals surface area contributed by atoms with Gasteiger partial charge in [0.1, 0.15) is 0 Å². The van der Waals surface area contributed by atoms with E-state index in [1.807, 2.05) is 6.92 Å². The zero-order chi connectivity index (χ0) is 14.3. The van der Waals surface area contributed by atoms with Crippen LogP contribution in [0.25, 0.3) is 0 Å². The lowest BCUT2D eigenvalue weighted by Gasteiger charge is -2.07. The summed E-state index contributed by atoms with van der Waals surface area (Å²) in [5, 5.41) is 12.8. The summed E-state index contributed by atoms with van der Waals surface area (Å²) in [5.74, 6) is -0.415. The molecule has 0 aliphatic rings. The summed E-state index contributed by atoms with van der Waals surface area (Å²) >= 11 is 0. The number of aliphatic hydroxyl groups is 1.